The van der Waals surface area contributed by atoms with Crippen LogP contribution in [0.25, 0.3) is 0 Å². The Labute approximate surface area is 112 Å². The fourth-order valence-corrected chi connectivity index (χ4v) is 2.61. The molecule has 0 bridgehead atoms. The Bertz CT molecular complexity index is 461. The van der Waals surface area contributed by atoms with E-state index in [0.29, 0.717) is 12.8 Å². The second-order valence-corrected chi connectivity index (χ2v) is 5.00. The molecule has 1 heterocycles. The van der Waals surface area contributed by atoms with E-state index in [9.17, 15) is 9.59 Å². The molecular weight excluding hydrogens is 244 g/mol. The highest BCUT2D eigenvalue weighted by Gasteiger charge is 2.38. The van der Waals surface area contributed by atoms with Gasteiger partial charge in [0.15, 0.2) is 0 Å². The van der Waals surface area contributed by atoms with E-state index in [1.807, 2.05) is 19.1 Å². The second kappa shape index (κ2) is 5.82. The number of aliphatic carboxylic acids is 1. The number of rotatable bonds is 4. The zero-order chi connectivity index (χ0) is 13.8. The molecular formula is C14H18N2O3. The number of aromatic nitrogens is 1. The molecule has 0 aromatic carbocycles. The zero-order valence-electron chi connectivity index (χ0n) is 10.9. The van der Waals surface area contributed by atoms with E-state index < -0.39 is 17.8 Å². The summed E-state index contributed by atoms with van der Waals surface area (Å²) in [5, 5.41) is 12.0. The maximum absolute atomic E-state index is 12.1. The summed E-state index contributed by atoms with van der Waals surface area (Å²) in [4.78, 5) is 27.2. The van der Waals surface area contributed by atoms with E-state index in [0.717, 1.165) is 12.0 Å². The van der Waals surface area contributed by atoms with Crippen LogP contribution in [0.3, 0.4) is 0 Å². The van der Waals surface area contributed by atoms with Crippen LogP contribution in [0, 0.1) is 11.8 Å². The smallest absolute Gasteiger partial charge is 0.307 e. The van der Waals surface area contributed by atoms with Gasteiger partial charge < -0.3 is 10.4 Å². The number of carbonyl (C=O) groups excluding carboxylic acids is 1. The minimum atomic E-state index is -0.869. The van der Waals surface area contributed by atoms with Gasteiger partial charge in [0.2, 0.25) is 5.91 Å². The first kappa shape index (κ1) is 13.5. The van der Waals surface area contributed by atoms with E-state index in [1.54, 1.807) is 12.4 Å². The number of pyridine rings is 1. The van der Waals surface area contributed by atoms with Gasteiger partial charge in [-0.15, -0.1) is 0 Å². The van der Waals surface area contributed by atoms with Gasteiger partial charge >= 0.3 is 5.97 Å². The summed E-state index contributed by atoms with van der Waals surface area (Å²) >= 11 is 0. The van der Waals surface area contributed by atoms with Crippen molar-refractivity contribution in [1.82, 2.24) is 10.3 Å². The average molecular weight is 262 g/mol. The van der Waals surface area contributed by atoms with Crippen molar-refractivity contribution in [2.75, 3.05) is 0 Å². The number of hydrogen-bond donors (Lipinski definition) is 2. The molecule has 1 aromatic heterocycles. The number of carbonyl (C=O) groups is 2. The van der Waals surface area contributed by atoms with Crippen molar-refractivity contribution in [1.29, 1.82) is 0 Å². The fourth-order valence-electron chi connectivity index (χ4n) is 2.61. The molecule has 1 aliphatic rings. The van der Waals surface area contributed by atoms with E-state index in [-0.39, 0.29) is 11.9 Å². The molecule has 5 heteroatoms. The van der Waals surface area contributed by atoms with E-state index in [1.165, 1.54) is 0 Å². The number of amides is 1. The summed E-state index contributed by atoms with van der Waals surface area (Å²) in [6.45, 7) is 1.87. The molecule has 2 rings (SSSR count). The molecule has 0 radical (unpaired) electrons. The standard InChI is InChI=1S/C14H18N2O3/c1-9(10-4-3-7-15-8-10)16-13(17)11-5-2-6-12(11)14(18)19/h3-4,7-9,11-12H,2,5-6H2,1H3,(H,16,17)(H,18,19)/t9-,11-,12+/m1/s1. The molecule has 5 nitrogen and oxygen atoms in total. The van der Waals surface area contributed by atoms with Crippen LogP contribution in [0.4, 0.5) is 0 Å². The van der Waals surface area contributed by atoms with Crippen molar-refractivity contribution in [2.45, 2.75) is 32.2 Å². The molecule has 1 aliphatic carbocycles. The molecule has 1 amide bonds. The van der Waals surface area contributed by atoms with Crippen molar-refractivity contribution in [2.24, 2.45) is 11.8 Å². The molecule has 1 saturated carbocycles. The van der Waals surface area contributed by atoms with Crippen molar-refractivity contribution >= 4 is 11.9 Å². The first-order chi connectivity index (χ1) is 9.09. The van der Waals surface area contributed by atoms with Gasteiger partial charge in [-0.2, -0.15) is 0 Å². The van der Waals surface area contributed by atoms with Crippen molar-refractivity contribution < 1.29 is 14.7 Å². The highest BCUT2D eigenvalue weighted by atomic mass is 16.4. The summed E-state index contributed by atoms with van der Waals surface area (Å²) in [5.74, 6) is -1.98. The number of hydrogen-bond acceptors (Lipinski definition) is 3. The van der Waals surface area contributed by atoms with Crippen LogP contribution in [0.5, 0.6) is 0 Å². The van der Waals surface area contributed by atoms with Crippen LogP contribution < -0.4 is 5.32 Å². The van der Waals surface area contributed by atoms with Crippen LogP contribution >= 0.6 is 0 Å². The molecule has 3 atom stereocenters. The van der Waals surface area contributed by atoms with Gasteiger partial charge in [-0.05, 0) is 31.4 Å². The summed E-state index contributed by atoms with van der Waals surface area (Å²) in [5.41, 5.74) is 0.917. The molecule has 0 aliphatic heterocycles. The van der Waals surface area contributed by atoms with Gasteiger partial charge in [-0.25, -0.2) is 0 Å². The Morgan fingerprint density at radius 3 is 2.79 bits per heavy atom. The van der Waals surface area contributed by atoms with Crippen LogP contribution in [0.1, 0.15) is 37.8 Å². The van der Waals surface area contributed by atoms with Crippen molar-refractivity contribution in [3.63, 3.8) is 0 Å². The van der Waals surface area contributed by atoms with Crippen LogP contribution in [0.15, 0.2) is 24.5 Å². The topological polar surface area (TPSA) is 79.3 Å². The largest absolute Gasteiger partial charge is 0.481 e. The quantitative estimate of drug-likeness (QED) is 0.866. The highest BCUT2D eigenvalue weighted by molar-refractivity contribution is 5.85. The average Bonchev–Trinajstić information content (AvgIpc) is 2.89. The third-order valence-electron chi connectivity index (χ3n) is 3.71. The van der Waals surface area contributed by atoms with Crippen molar-refractivity contribution in [3.05, 3.63) is 30.1 Å². The van der Waals surface area contributed by atoms with Crippen molar-refractivity contribution in [3.8, 4) is 0 Å². The molecule has 102 valence electrons. The summed E-state index contributed by atoms with van der Waals surface area (Å²) in [7, 11) is 0. The van der Waals surface area contributed by atoms with Gasteiger partial charge in [-0.3, -0.25) is 14.6 Å². The van der Waals surface area contributed by atoms with Crippen LogP contribution in [-0.4, -0.2) is 22.0 Å². The molecule has 0 saturated heterocycles. The van der Waals surface area contributed by atoms with Gasteiger partial charge in [0.25, 0.3) is 0 Å². The predicted molar refractivity (Wildman–Crippen MR) is 69.3 cm³/mol. The molecule has 2 N–H and O–H groups in total. The molecule has 0 spiro atoms. The summed E-state index contributed by atoms with van der Waals surface area (Å²) < 4.78 is 0. The minimum absolute atomic E-state index is 0.156. The monoisotopic (exact) mass is 262 g/mol. The molecule has 1 aromatic rings. The summed E-state index contributed by atoms with van der Waals surface area (Å²) in [6, 6.07) is 3.55. The van der Waals surface area contributed by atoms with Crippen LogP contribution in [0.2, 0.25) is 0 Å². The Morgan fingerprint density at radius 2 is 2.16 bits per heavy atom. The Hall–Kier alpha value is -1.91. The SMILES string of the molecule is C[C@@H](NC(=O)[C@@H]1CCC[C@@H]1C(=O)O)c1cccnc1. The van der Waals surface area contributed by atoms with E-state index >= 15 is 0 Å². The first-order valence-corrected chi connectivity index (χ1v) is 6.52. The minimum Gasteiger partial charge on any atom is -0.481 e. The normalized spacial score (nSPS) is 23.8. The number of carboxylic acid groups (broad SMARTS) is 1. The third-order valence-corrected chi connectivity index (χ3v) is 3.71. The number of carboxylic acids is 1. The lowest BCUT2D eigenvalue weighted by atomic mass is 9.95. The predicted octanol–water partition coefficient (Wildman–Crippen LogP) is 1.76. The van der Waals surface area contributed by atoms with E-state index in [2.05, 4.69) is 10.3 Å². The van der Waals surface area contributed by atoms with Gasteiger partial charge in [0.05, 0.1) is 17.9 Å². The van der Waals surface area contributed by atoms with Gasteiger partial charge in [-0.1, -0.05) is 12.5 Å². The van der Waals surface area contributed by atoms with Gasteiger partial charge in [0, 0.05) is 12.4 Å². The first-order valence-electron chi connectivity index (χ1n) is 6.52. The molecule has 19 heavy (non-hydrogen) atoms. The second-order valence-electron chi connectivity index (χ2n) is 5.00. The van der Waals surface area contributed by atoms with Crippen LogP contribution in [-0.2, 0) is 9.59 Å². The lowest BCUT2D eigenvalue weighted by Gasteiger charge is -2.19. The van der Waals surface area contributed by atoms with E-state index in [4.69, 9.17) is 5.11 Å². The fraction of sp³-hybridized carbons (Fsp3) is 0.500. The lowest BCUT2D eigenvalue weighted by Crippen LogP contribution is -2.36. The Balaban J connectivity index is 1.99. The number of nitrogens with one attached hydrogen (secondary N) is 1. The Morgan fingerprint density at radius 1 is 1.42 bits per heavy atom. The Kier molecular flexibility index (Phi) is 4.14. The lowest BCUT2D eigenvalue weighted by molar-refractivity contribution is -0.146. The number of nitrogens with zero attached hydrogens (tertiary/aromatic N) is 1. The molecule has 1 fully saturated rings. The maximum atomic E-state index is 12.1. The maximum Gasteiger partial charge on any atom is 0.307 e. The van der Waals surface area contributed by atoms with Gasteiger partial charge in [0.1, 0.15) is 0 Å². The summed E-state index contributed by atoms with van der Waals surface area (Å²) in [6.07, 6.45) is 5.43. The zero-order valence-corrected chi connectivity index (χ0v) is 10.9. The highest BCUT2D eigenvalue weighted by Crippen LogP contribution is 2.32. The molecule has 0 unspecified atom stereocenters. The third kappa shape index (κ3) is 3.10.